The molecule has 1 amide bonds. The SMILES string of the molecule is Nc1ccc2ccnc(C(=O)NCCC(=O)O)c2c1. The van der Waals surface area contributed by atoms with E-state index in [-0.39, 0.29) is 18.7 Å². The van der Waals surface area contributed by atoms with Crippen LogP contribution in [0.2, 0.25) is 0 Å². The first-order valence-electron chi connectivity index (χ1n) is 5.72. The van der Waals surface area contributed by atoms with Crippen molar-refractivity contribution in [1.82, 2.24) is 10.3 Å². The average molecular weight is 259 g/mol. The van der Waals surface area contributed by atoms with E-state index in [4.69, 9.17) is 10.8 Å². The van der Waals surface area contributed by atoms with Gasteiger partial charge in [-0.1, -0.05) is 6.07 Å². The van der Waals surface area contributed by atoms with E-state index in [1.807, 2.05) is 0 Å². The molecule has 0 fully saturated rings. The second kappa shape index (κ2) is 5.34. The number of carboxylic acids is 1. The number of pyridine rings is 1. The van der Waals surface area contributed by atoms with E-state index in [9.17, 15) is 9.59 Å². The van der Waals surface area contributed by atoms with Gasteiger partial charge in [-0.15, -0.1) is 0 Å². The summed E-state index contributed by atoms with van der Waals surface area (Å²) in [7, 11) is 0. The molecule has 0 unspecified atom stereocenters. The number of rotatable bonds is 4. The molecule has 4 N–H and O–H groups in total. The molecular weight excluding hydrogens is 246 g/mol. The fourth-order valence-electron chi connectivity index (χ4n) is 1.73. The monoisotopic (exact) mass is 259 g/mol. The van der Waals surface area contributed by atoms with Gasteiger partial charge < -0.3 is 16.2 Å². The van der Waals surface area contributed by atoms with Gasteiger partial charge >= 0.3 is 5.97 Å². The standard InChI is InChI=1S/C13H13N3O3/c14-9-2-1-8-3-5-15-12(10(8)7-9)13(19)16-6-4-11(17)18/h1-3,5,7H,4,6,14H2,(H,16,19)(H,17,18). The van der Waals surface area contributed by atoms with Crippen LogP contribution in [0.4, 0.5) is 5.69 Å². The van der Waals surface area contributed by atoms with Crippen molar-refractivity contribution >= 4 is 28.3 Å². The van der Waals surface area contributed by atoms with E-state index in [0.717, 1.165) is 5.39 Å². The molecule has 1 heterocycles. The molecule has 2 aromatic rings. The second-order valence-electron chi connectivity index (χ2n) is 4.04. The maximum absolute atomic E-state index is 11.9. The number of aromatic nitrogens is 1. The molecule has 6 heteroatoms. The van der Waals surface area contributed by atoms with Crippen molar-refractivity contribution in [3.63, 3.8) is 0 Å². The fraction of sp³-hybridized carbons (Fsp3) is 0.154. The largest absolute Gasteiger partial charge is 0.481 e. The minimum absolute atomic E-state index is 0.0640. The maximum atomic E-state index is 11.9. The van der Waals surface area contributed by atoms with E-state index >= 15 is 0 Å². The predicted octanol–water partition coefficient (Wildman–Crippen LogP) is 1.02. The first-order valence-corrected chi connectivity index (χ1v) is 5.72. The Bertz CT molecular complexity index is 640. The van der Waals surface area contributed by atoms with Crippen LogP contribution < -0.4 is 11.1 Å². The van der Waals surface area contributed by atoms with Crippen molar-refractivity contribution in [2.75, 3.05) is 12.3 Å². The molecule has 98 valence electrons. The molecule has 0 aliphatic carbocycles. The van der Waals surface area contributed by atoms with Gasteiger partial charge in [0, 0.05) is 23.8 Å². The van der Waals surface area contributed by atoms with Crippen molar-refractivity contribution < 1.29 is 14.7 Å². The van der Waals surface area contributed by atoms with Gasteiger partial charge in [-0.05, 0) is 23.6 Å². The van der Waals surface area contributed by atoms with E-state index in [0.29, 0.717) is 11.1 Å². The highest BCUT2D eigenvalue weighted by Gasteiger charge is 2.11. The second-order valence-corrected chi connectivity index (χ2v) is 4.04. The number of nitrogens with two attached hydrogens (primary N) is 1. The van der Waals surface area contributed by atoms with Crippen molar-refractivity contribution in [3.05, 3.63) is 36.2 Å². The Morgan fingerprint density at radius 3 is 2.84 bits per heavy atom. The molecule has 1 aromatic carbocycles. The Balaban J connectivity index is 2.26. The molecule has 6 nitrogen and oxygen atoms in total. The number of fused-ring (bicyclic) bond motifs is 1. The summed E-state index contributed by atoms with van der Waals surface area (Å²) >= 11 is 0. The summed E-state index contributed by atoms with van der Waals surface area (Å²) in [6.45, 7) is 0.0640. The predicted molar refractivity (Wildman–Crippen MR) is 70.7 cm³/mol. The highest BCUT2D eigenvalue weighted by atomic mass is 16.4. The summed E-state index contributed by atoms with van der Waals surface area (Å²) < 4.78 is 0. The molecule has 0 spiro atoms. The van der Waals surface area contributed by atoms with Crippen LogP contribution in [0.5, 0.6) is 0 Å². The molecule has 2 rings (SSSR count). The first-order chi connectivity index (χ1) is 9.08. The van der Waals surface area contributed by atoms with Gasteiger partial charge in [0.15, 0.2) is 0 Å². The van der Waals surface area contributed by atoms with E-state index < -0.39 is 11.9 Å². The van der Waals surface area contributed by atoms with Crippen molar-refractivity contribution in [2.24, 2.45) is 0 Å². The van der Waals surface area contributed by atoms with E-state index in [1.165, 1.54) is 6.20 Å². The number of aliphatic carboxylic acids is 1. The van der Waals surface area contributed by atoms with Crippen LogP contribution in [-0.4, -0.2) is 28.5 Å². The molecule has 0 saturated carbocycles. The van der Waals surface area contributed by atoms with Crippen LogP contribution >= 0.6 is 0 Å². The molecule has 19 heavy (non-hydrogen) atoms. The summed E-state index contributed by atoms with van der Waals surface area (Å²) in [4.78, 5) is 26.4. The lowest BCUT2D eigenvalue weighted by atomic mass is 10.1. The summed E-state index contributed by atoms with van der Waals surface area (Å²) in [6, 6.07) is 7.01. The Morgan fingerprint density at radius 2 is 2.11 bits per heavy atom. The van der Waals surface area contributed by atoms with Crippen LogP contribution in [0.15, 0.2) is 30.5 Å². The van der Waals surface area contributed by atoms with Gasteiger partial charge in [0.2, 0.25) is 0 Å². The normalized spacial score (nSPS) is 10.3. The zero-order valence-electron chi connectivity index (χ0n) is 10.1. The molecule has 0 saturated heterocycles. The summed E-state index contributed by atoms with van der Waals surface area (Å²) in [5, 5.41) is 12.5. The number of carbonyl (C=O) groups excluding carboxylic acids is 1. The molecule has 1 aromatic heterocycles. The number of anilines is 1. The number of nitrogens with one attached hydrogen (secondary N) is 1. The number of nitrogens with zero attached hydrogens (tertiary/aromatic N) is 1. The quantitative estimate of drug-likeness (QED) is 0.711. The third-order valence-electron chi connectivity index (χ3n) is 2.63. The van der Waals surface area contributed by atoms with Crippen molar-refractivity contribution in [2.45, 2.75) is 6.42 Å². The Morgan fingerprint density at radius 1 is 1.32 bits per heavy atom. The lowest BCUT2D eigenvalue weighted by molar-refractivity contribution is -0.136. The topological polar surface area (TPSA) is 105 Å². The molecular formula is C13H13N3O3. The third-order valence-corrected chi connectivity index (χ3v) is 2.63. The first kappa shape index (κ1) is 12.8. The Hall–Kier alpha value is -2.63. The van der Waals surface area contributed by atoms with E-state index in [2.05, 4.69) is 10.3 Å². The van der Waals surface area contributed by atoms with Gasteiger partial charge in [-0.25, -0.2) is 0 Å². The van der Waals surface area contributed by atoms with Crippen molar-refractivity contribution in [3.8, 4) is 0 Å². The number of carboxylic acid groups (broad SMARTS) is 1. The zero-order chi connectivity index (χ0) is 13.8. The molecule has 0 radical (unpaired) electrons. The minimum atomic E-state index is -0.963. The van der Waals surface area contributed by atoms with Crippen molar-refractivity contribution in [1.29, 1.82) is 0 Å². The lowest BCUT2D eigenvalue weighted by Crippen LogP contribution is -2.27. The number of amides is 1. The number of nitrogen functional groups attached to an aromatic ring is 1. The number of carbonyl (C=O) groups is 2. The van der Waals surface area contributed by atoms with E-state index in [1.54, 1.807) is 24.3 Å². The maximum Gasteiger partial charge on any atom is 0.305 e. The van der Waals surface area contributed by atoms with Crippen LogP contribution in [0.1, 0.15) is 16.9 Å². The Labute approximate surface area is 109 Å². The van der Waals surface area contributed by atoms with Crippen LogP contribution in [-0.2, 0) is 4.79 Å². The van der Waals surface area contributed by atoms with Crippen LogP contribution in [0.3, 0.4) is 0 Å². The highest BCUT2D eigenvalue weighted by molar-refractivity contribution is 6.05. The molecule has 0 aliphatic heterocycles. The summed E-state index contributed by atoms with van der Waals surface area (Å²) in [5.74, 6) is -1.37. The summed E-state index contributed by atoms with van der Waals surface area (Å²) in [5.41, 5.74) is 6.48. The smallest absolute Gasteiger partial charge is 0.305 e. The highest BCUT2D eigenvalue weighted by Crippen LogP contribution is 2.19. The average Bonchev–Trinajstić information content (AvgIpc) is 2.37. The minimum Gasteiger partial charge on any atom is -0.481 e. The van der Waals surface area contributed by atoms with Gasteiger partial charge in [0.05, 0.1) is 6.42 Å². The molecule has 0 bridgehead atoms. The zero-order valence-corrected chi connectivity index (χ0v) is 10.1. The van der Waals surface area contributed by atoms with Crippen LogP contribution in [0, 0.1) is 0 Å². The Kier molecular flexibility index (Phi) is 3.61. The van der Waals surface area contributed by atoms with Gasteiger partial charge in [0.25, 0.3) is 5.91 Å². The van der Waals surface area contributed by atoms with Gasteiger partial charge in [-0.3, -0.25) is 14.6 Å². The third kappa shape index (κ3) is 2.98. The number of hydrogen-bond acceptors (Lipinski definition) is 4. The van der Waals surface area contributed by atoms with Gasteiger partial charge in [-0.2, -0.15) is 0 Å². The molecule has 0 aliphatic rings. The lowest BCUT2D eigenvalue weighted by Gasteiger charge is -2.07. The number of benzene rings is 1. The fourth-order valence-corrected chi connectivity index (χ4v) is 1.73. The summed E-state index contributed by atoms with van der Waals surface area (Å²) in [6.07, 6.45) is 1.41. The van der Waals surface area contributed by atoms with Crippen LogP contribution in [0.25, 0.3) is 10.8 Å². The van der Waals surface area contributed by atoms with Gasteiger partial charge in [0.1, 0.15) is 5.69 Å². The molecule has 0 atom stereocenters. The number of hydrogen-bond donors (Lipinski definition) is 3.